The molecular weight excluding hydrogens is 224 g/mol. The van der Waals surface area contributed by atoms with Crippen LogP contribution in [0.25, 0.3) is 5.57 Å². The zero-order chi connectivity index (χ0) is 12.7. The molecule has 0 saturated heterocycles. The van der Waals surface area contributed by atoms with E-state index in [2.05, 4.69) is 44.3 Å². The van der Waals surface area contributed by atoms with Crippen LogP contribution in [-0.2, 0) is 0 Å². The van der Waals surface area contributed by atoms with Gasteiger partial charge in [-0.05, 0) is 42.7 Å². The van der Waals surface area contributed by atoms with Crippen molar-refractivity contribution >= 4 is 18.2 Å². The van der Waals surface area contributed by atoms with Gasteiger partial charge in [0, 0.05) is 4.90 Å². The van der Waals surface area contributed by atoms with E-state index in [9.17, 15) is 0 Å². The van der Waals surface area contributed by atoms with Crippen LogP contribution >= 0.6 is 12.6 Å². The van der Waals surface area contributed by atoms with Crippen molar-refractivity contribution in [2.45, 2.75) is 18.7 Å². The zero-order valence-electron chi connectivity index (χ0n) is 10.4. The van der Waals surface area contributed by atoms with Crippen molar-refractivity contribution in [1.29, 1.82) is 0 Å². The fraction of sp³-hybridized carbons (Fsp3) is 0.125. The Morgan fingerprint density at radius 3 is 2.65 bits per heavy atom. The van der Waals surface area contributed by atoms with Crippen LogP contribution in [0.2, 0.25) is 0 Å². The molecule has 0 saturated carbocycles. The number of benzene rings is 1. The maximum atomic E-state index is 4.37. The second-order valence-electron chi connectivity index (χ2n) is 3.74. The van der Waals surface area contributed by atoms with Gasteiger partial charge in [-0.15, -0.1) is 12.6 Å². The summed E-state index contributed by atoms with van der Waals surface area (Å²) < 4.78 is 0. The lowest BCUT2D eigenvalue weighted by Crippen LogP contribution is -1.84. The molecule has 1 aromatic carbocycles. The van der Waals surface area contributed by atoms with E-state index < -0.39 is 0 Å². The molecule has 1 heteroatoms. The summed E-state index contributed by atoms with van der Waals surface area (Å²) in [5.74, 6) is 0. The van der Waals surface area contributed by atoms with E-state index in [0.717, 1.165) is 16.0 Å². The highest BCUT2D eigenvalue weighted by molar-refractivity contribution is 7.80. The molecular formula is C16H18S. The predicted octanol–water partition coefficient (Wildman–Crippen LogP) is 5.07. The molecule has 88 valence electrons. The highest BCUT2D eigenvalue weighted by Crippen LogP contribution is 2.23. The van der Waals surface area contributed by atoms with E-state index in [1.807, 2.05) is 43.4 Å². The van der Waals surface area contributed by atoms with E-state index in [1.165, 1.54) is 5.57 Å². The normalized spacial score (nSPS) is 13.1. The van der Waals surface area contributed by atoms with Crippen LogP contribution in [-0.4, -0.2) is 0 Å². The Hall–Kier alpha value is -1.47. The number of thiol groups is 1. The van der Waals surface area contributed by atoms with Gasteiger partial charge in [0.2, 0.25) is 0 Å². The number of hydrogen-bond acceptors (Lipinski definition) is 1. The van der Waals surface area contributed by atoms with Crippen LogP contribution in [0.5, 0.6) is 0 Å². The second-order valence-corrected chi connectivity index (χ2v) is 4.25. The smallest absolute Gasteiger partial charge is 0.00461 e. The van der Waals surface area contributed by atoms with E-state index in [4.69, 9.17) is 0 Å². The largest absolute Gasteiger partial charge is 0.143 e. The average Bonchev–Trinajstić information content (AvgIpc) is 2.34. The summed E-state index contributed by atoms with van der Waals surface area (Å²) in [4.78, 5) is 0.969. The third kappa shape index (κ3) is 4.12. The Morgan fingerprint density at radius 2 is 2.06 bits per heavy atom. The first-order valence-corrected chi connectivity index (χ1v) is 6.06. The summed E-state index contributed by atoms with van der Waals surface area (Å²) >= 11 is 4.37. The van der Waals surface area contributed by atoms with Gasteiger partial charge in [0.1, 0.15) is 0 Å². The third-order valence-electron chi connectivity index (χ3n) is 2.45. The molecule has 0 bridgehead atoms. The summed E-state index contributed by atoms with van der Waals surface area (Å²) in [7, 11) is 0. The van der Waals surface area contributed by atoms with Crippen molar-refractivity contribution < 1.29 is 0 Å². The average molecular weight is 242 g/mol. The maximum Gasteiger partial charge on any atom is 0.00461 e. The molecule has 17 heavy (non-hydrogen) atoms. The van der Waals surface area contributed by atoms with Crippen molar-refractivity contribution in [3.05, 3.63) is 72.4 Å². The lowest BCUT2D eigenvalue weighted by atomic mass is 10.00. The Bertz CT molecular complexity index is 476. The minimum absolute atomic E-state index is 0.969. The van der Waals surface area contributed by atoms with Gasteiger partial charge in [0.05, 0.1) is 0 Å². The predicted molar refractivity (Wildman–Crippen MR) is 80.4 cm³/mol. The molecule has 0 radical (unpaired) electrons. The first kappa shape index (κ1) is 13.6. The van der Waals surface area contributed by atoms with Gasteiger partial charge >= 0.3 is 0 Å². The molecule has 0 aliphatic carbocycles. The Labute approximate surface area is 109 Å². The van der Waals surface area contributed by atoms with Gasteiger partial charge in [0.25, 0.3) is 0 Å². The molecule has 0 nitrogen and oxygen atoms in total. The van der Waals surface area contributed by atoms with Crippen LogP contribution in [0.4, 0.5) is 0 Å². The fourth-order valence-electron chi connectivity index (χ4n) is 1.50. The highest BCUT2D eigenvalue weighted by atomic mass is 32.1. The molecule has 1 rings (SSSR count). The molecule has 0 aromatic heterocycles. The summed E-state index contributed by atoms with van der Waals surface area (Å²) in [6.07, 6.45) is 10.0. The van der Waals surface area contributed by atoms with E-state index in [0.29, 0.717) is 0 Å². The van der Waals surface area contributed by atoms with Crippen molar-refractivity contribution in [2.24, 2.45) is 0 Å². The summed E-state index contributed by atoms with van der Waals surface area (Å²) in [6.45, 7) is 7.89. The lowest BCUT2D eigenvalue weighted by molar-refractivity contribution is 1.42. The molecule has 1 aromatic rings. The Balaban J connectivity index is 3.21. The SMILES string of the molecule is C=C\C(C)=C(/C=C\C=C\C)c1cccc(S)c1. The van der Waals surface area contributed by atoms with Crippen molar-refractivity contribution in [2.75, 3.05) is 0 Å². The zero-order valence-corrected chi connectivity index (χ0v) is 11.2. The van der Waals surface area contributed by atoms with Gasteiger partial charge in [-0.3, -0.25) is 0 Å². The molecule has 0 amide bonds. The van der Waals surface area contributed by atoms with E-state index >= 15 is 0 Å². The number of rotatable bonds is 4. The minimum atomic E-state index is 0.969. The summed E-state index contributed by atoms with van der Waals surface area (Å²) in [5, 5.41) is 0. The first-order chi connectivity index (χ1) is 8.19. The van der Waals surface area contributed by atoms with Crippen molar-refractivity contribution in [3.8, 4) is 0 Å². The van der Waals surface area contributed by atoms with Crippen LogP contribution in [0.15, 0.2) is 71.7 Å². The Kier molecular flexibility index (Phi) is 5.58. The highest BCUT2D eigenvalue weighted by Gasteiger charge is 2.00. The molecule has 0 spiro atoms. The van der Waals surface area contributed by atoms with Crippen LogP contribution in [0.1, 0.15) is 19.4 Å². The summed E-state index contributed by atoms with van der Waals surface area (Å²) in [6, 6.07) is 8.13. The molecule has 0 unspecified atom stereocenters. The van der Waals surface area contributed by atoms with E-state index in [1.54, 1.807) is 0 Å². The lowest BCUT2D eigenvalue weighted by Gasteiger charge is -2.06. The van der Waals surface area contributed by atoms with Crippen LogP contribution in [0.3, 0.4) is 0 Å². The third-order valence-corrected chi connectivity index (χ3v) is 2.73. The van der Waals surface area contributed by atoms with Gasteiger partial charge < -0.3 is 0 Å². The van der Waals surface area contributed by atoms with Crippen molar-refractivity contribution in [1.82, 2.24) is 0 Å². The number of hydrogen-bond donors (Lipinski definition) is 1. The van der Waals surface area contributed by atoms with Gasteiger partial charge in [-0.1, -0.05) is 49.1 Å². The monoisotopic (exact) mass is 242 g/mol. The topological polar surface area (TPSA) is 0 Å². The van der Waals surface area contributed by atoms with Gasteiger partial charge in [0.15, 0.2) is 0 Å². The molecule has 0 fully saturated rings. The standard InChI is InChI=1S/C16H18S/c1-4-6-7-11-16(13(3)5-2)14-9-8-10-15(17)12-14/h4-12,17H,2H2,1,3H3/b6-4+,11-7-,16-13+. The van der Waals surface area contributed by atoms with Crippen LogP contribution < -0.4 is 0 Å². The summed E-state index contributed by atoms with van der Waals surface area (Å²) in [5.41, 5.74) is 3.49. The minimum Gasteiger partial charge on any atom is -0.143 e. The second kappa shape index (κ2) is 6.97. The molecule has 0 aliphatic rings. The first-order valence-electron chi connectivity index (χ1n) is 5.61. The van der Waals surface area contributed by atoms with Crippen LogP contribution in [0, 0.1) is 0 Å². The Morgan fingerprint density at radius 1 is 1.29 bits per heavy atom. The fourth-order valence-corrected chi connectivity index (χ4v) is 1.73. The van der Waals surface area contributed by atoms with Gasteiger partial charge in [-0.25, -0.2) is 0 Å². The molecule has 0 heterocycles. The van der Waals surface area contributed by atoms with E-state index in [-0.39, 0.29) is 0 Å². The quantitative estimate of drug-likeness (QED) is 0.553. The van der Waals surface area contributed by atoms with Gasteiger partial charge in [-0.2, -0.15) is 0 Å². The molecule has 0 atom stereocenters. The van der Waals surface area contributed by atoms with Crippen molar-refractivity contribution in [3.63, 3.8) is 0 Å². The number of allylic oxidation sites excluding steroid dienone is 7. The molecule has 0 aliphatic heterocycles. The molecule has 0 N–H and O–H groups in total. The maximum absolute atomic E-state index is 4.37.